The van der Waals surface area contributed by atoms with Gasteiger partial charge in [0.2, 0.25) is 0 Å². The van der Waals surface area contributed by atoms with Crippen LogP contribution in [0.5, 0.6) is 23.0 Å². The van der Waals surface area contributed by atoms with Crippen LogP contribution >= 0.6 is 11.8 Å². The zero-order valence-electron chi connectivity index (χ0n) is 19.6. The van der Waals surface area contributed by atoms with E-state index >= 15 is 0 Å². The maximum atomic E-state index is 9.95. The molecule has 4 atom stereocenters. The fourth-order valence-electron chi connectivity index (χ4n) is 4.68. The van der Waals surface area contributed by atoms with E-state index in [1.54, 1.807) is 36.0 Å². The van der Waals surface area contributed by atoms with Crippen molar-refractivity contribution in [1.29, 1.82) is 0 Å². The molecular weight excluding hydrogens is 446 g/mol. The molecule has 3 aromatic rings. The van der Waals surface area contributed by atoms with Crippen molar-refractivity contribution in [3.8, 4) is 23.0 Å². The number of aromatic hydroxyl groups is 2. The smallest absolute Gasteiger partial charge is 0.140 e. The van der Waals surface area contributed by atoms with Gasteiger partial charge >= 0.3 is 0 Å². The molecule has 1 fully saturated rings. The van der Waals surface area contributed by atoms with Crippen LogP contribution in [0.3, 0.4) is 0 Å². The number of ether oxygens (including phenoxy) is 2. The van der Waals surface area contributed by atoms with Gasteiger partial charge in [0.25, 0.3) is 0 Å². The second kappa shape index (κ2) is 9.80. The van der Waals surface area contributed by atoms with E-state index in [1.807, 2.05) is 30.3 Å². The summed E-state index contributed by atoms with van der Waals surface area (Å²) >= 11 is 1.66. The Morgan fingerprint density at radius 1 is 1.00 bits per heavy atom. The fraction of sp³-hybridized carbons (Fsp3) is 0.357. The standard InChI is InChI=1S/C28H31NO4S/c1-18-13-14-29(16-18)19(2)17-32-24-10-5-20(6-11-24)27-28(21-3-7-22(30)8-4-21)34-26-15-23(31)9-12-25(26)33-27/h3-12,15,18-19,27-28,30-31H,13-14,16-17H2,1-2H3/t18-,19-,27-,28+/m0/s1. The quantitative estimate of drug-likeness (QED) is 0.442. The highest BCUT2D eigenvalue weighted by Gasteiger charge is 2.33. The topological polar surface area (TPSA) is 62.2 Å². The van der Waals surface area contributed by atoms with E-state index in [1.165, 1.54) is 6.42 Å². The second-order valence-electron chi connectivity index (χ2n) is 9.42. The number of phenolic OH excluding ortho intramolecular Hbond substituents is 2. The number of thioether (sulfide) groups is 1. The predicted molar refractivity (Wildman–Crippen MR) is 135 cm³/mol. The second-order valence-corrected chi connectivity index (χ2v) is 10.6. The van der Waals surface area contributed by atoms with Crippen molar-refractivity contribution in [2.45, 2.75) is 42.6 Å². The molecule has 6 heteroatoms. The first-order valence-corrected chi connectivity index (χ1v) is 12.8. The number of rotatable bonds is 6. The Morgan fingerprint density at radius 3 is 2.41 bits per heavy atom. The van der Waals surface area contributed by atoms with Crippen LogP contribution in [-0.4, -0.2) is 40.9 Å². The lowest BCUT2D eigenvalue weighted by Crippen LogP contribution is -2.35. The molecule has 0 aliphatic carbocycles. The summed E-state index contributed by atoms with van der Waals surface area (Å²) in [5.74, 6) is 2.84. The number of hydrogen-bond acceptors (Lipinski definition) is 6. The lowest BCUT2D eigenvalue weighted by atomic mass is 10.00. The van der Waals surface area contributed by atoms with Gasteiger partial charge in [0.15, 0.2) is 0 Å². The number of phenols is 2. The van der Waals surface area contributed by atoms with Crippen LogP contribution in [0.2, 0.25) is 0 Å². The van der Waals surface area contributed by atoms with Crippen LogP contribution < -0.4 is 9.47 Å². The Morgan fingerprint density at radius 2 is 1.71 bits per heavy atom. The van der Waals surface area contributed by atoms with Crippen LogP contribution in [-0.2, 0) is 0 Å². The first kappa shape index (κ1) is 22.9. The van der Waals surface area contributed by atoms with E-state index in [9.17, 15) is 10.2 Å². The van der Waals surface area contributed by atoms with Gasteiger partial charge in [-0.1, -0.05) is 31.2 Å². The van der Waals surface area contributed by atoms with Crippen LogP contribution in [0.25, 0.3) is 0 Å². The molecule has 0 radical (unpaired) electrons. The molecule has 34 heavy (non-hydrogen) atoms. The minimum atomic E-state index is -0.217. The fourth-order valence-corrected chi connectivity index (χ4v) is 6.00. The number of benzene rings is 3. The molecule has 3 aromatic carbocycles. The lowest BCUT2D eigenvalue weighted by molar-refractivity contribution is 0.168. The number of likely N-dealkylation sites (tertiary alicyclic amines) is 1. The maximum absolute atomic E-state index is 9.95. The zero-order valence-corrected chi connectivity index (χ0v) is 20.4. The van der Waals surface area contributed by atoms with Crippen molar-refractivity contribution in [2.24, 2.45) is 5.92 Å². The number of hydrogen-bond donors (Lipinski definition) is 2. The van der Waals surface area contributed by atoms with Gasteiger partial charge in [-0.2, -0.15) is 0 Å². The van der Waals surface area contributed by atoms with Gasteiger partial charge < -0.3 is 19.7 Å². The normalized spacial score (nSPS) is 23.2. The van der Waals surface area contributed by atoms with Crippen molar-refractivity contribution >= 4 is 11.8 Å². The monoisotopic (exact) mass is 477 g/mol. The Bertz CT molecular complexity index is 1120. The van der Waals surface area contributed by atoms with Gasteiger partial charge in [-0.05, 0) is 79.4 Å². The van der Waals surface area contributed by atoms with Gasteiger partial charge in [-0.3, -0.25) is 4.90 Å². The molecule has 2 aliphatic rings. The zero-order chi connectivity index (χ0) is 23.7. The summed E-state index contributed by atoms with van der Waals surface area (Å²) in [5, 5.41) is 19.7. The molecule has 2 aliphatic heterocycles. The Balaban J connectivity index is 1.33. The minimum absolute atomic E-state index is 0.0288. The van der Waals surface area contributed by atoms with Gasteiger partial charge in [-0.15, -0.1) is 11.8 Å². The van der Waals surface area contributed by atoms with Crippen LogP contribution in [0, 0.1) is 5.92 Å². The van der Waals surface area contributed by atoms with Crippen molar-refractivity contribution in [3.63, 3.8) is 0 Å². The highest BCUT2D eigenvalue weighted by molar-refractivity contribution is 7.99. The third kappa shape index (κ3) is 4.98. The molecule has 178 valence electrons. The molecule has 0 amide bonds. The molecule has 5 rings (SSSR count). The first-order valence-electron chi connectivity index (χ1n) is 11.9. The van der Waals surface area contributed by atoms with Crippen molar-refractivity contribution in [2.75, 3.05) is 19.7 Å². The number of nitrogens with zero attached hydrogens (tertiary/aromatic N) is 1. The van der Waals surface area contributed by atoms with Crippen LogP contribution in [0.15, 0.2) is 71.6 Å². The average Bonchev–Trinajstić information content (AvgIpc) is 3.29. The lowest BCUT2D eigenvalue weighted by Gasteiger charge is -2.34. The highest BCUT2D eigenvalue weighted by atomic mass is 32.2. The molecule has 0 bridgehead atoms. The largest absolute Gasteiger partial charge is 0.508 e. The van der Waals surface area contributed by atoms with Crippen molar-refractivity contribution in [3.05, 3.63) is 77.9 Å². The molecule has 1 saturated heterocycles. The minimum Gasteiger partial charge on any atom is -0.508 e. The molecule has 2 N–H and O–H groups in total. The molecule has 0 unspecified atom stereocenters. The van der Waals surface area contributed by atoms with E-state index < -0.39 is 0 Å². The first-order chi connectivity index (χ1) is 16.5. The van der Waals surface area contributed by atoms with Gasteiger partial charge in [0.05, 0.1) is 10.1 Å². The van der Waals surface area contributed by atoms with E-state index in [4.69, 9.17) is 9.47 Å². The van der Waals surface area contributed by atoms with E-state index in [2.05, 4.69) is 30.9 Å². The average molecular weight is 478 g/mol. The highest BCUT2D eigenvalue weighted by Crippen LogP contribution is 2.54. The SMILES string of the molecule is C[C@H]1CCN([C@@H](C)COc2ccc([C@@H]3Oc4ccc(O)cc4S[C@@H]3c3ccc(O)cc3)cc2)C1. The summed E-state index contributed by atoms with van der Waals surface area (Å²) in [6.45, 7) is 7.52. The third-order valence-electron chi connectivity index (χ3n) is 6.71. The molecule has 5 nitrogen and oxygen atoms in total. The number of fused-ring (bicyclic) bond motifs is 1. The summed E-state index contributed by atoms with van der Waals surface area (Å²) in [4.78, 5) is 3.41. The van der Waals surface area contributed by atoms with E-state index in [0.717, 1.165) is 46.5 Å². The summed E-state index contributed by atoms with van der Waals surface area (Å²) in [6.07, 6.45) is 1.05. The maximum Gasteiger partial charge on any atom is 0.140 e. The molecule has 2 heterocycles. The van der Waals surface area contributed by atoms with E-state index in [0.29, 0.717) is 12.6 Å². The summed E-state index contributed by atoms with van der Waals surface area (Å²) < 4.78 is 12.6. The van der Waals surface area contributed by atoms with Crippen LogP contribution in [0.4, 0.5) is 0 Å². The van der Waals surface area contributed by atoms with E-state index in [-0.39, 0.29) is 22.9 Å². The van der Waals surface area contributed by atoms with Gasteiger partial charge in [0, 0.05) is 12.6 Å². The predicted octanol–water partition coefficient (Wildman–Crippen LogP) is 6.17. The summed E-state index contributed by atoms with van der Waals surface area (Å²) in [6, 6.07) is 21.0. The van der Waals surface area contributed by atoms with Crippen molar-refractivity contribution in [1.82, 2.24) is 4.90 Å². The van der Waals surface area contributed by atoms with Crippen molar-refractivity contribution < 1.29 is 19.7 Å². The molecule has 0 aromatic heterocycles. The Labute approximate surface area is 205 Å². The summed E-state index contributed by atoms with van der Waals surface area (Å²) in [5.41, 5.74) is 2.11. The Hall–Kier alpha value is -2.83. The van der Waals surface area contributed by atoms with Gasteiger partial charge in [-0.25, -0.2) is 0 Å². The van der Waals surface area contributed by atoms with Gasteiger partial charge in [0.1, 0.15) is 35.7 Å². The van der Waals surface area contributed by atoms with Crippen LogP contribution in [0.1, 0.15) is 42.7 Å². The summed E-state index contributed by atoms with van der Waals surface area (Å²) in [7, 11) is 0. The molecule has 0 saturated carbocycles. The third-order valence-corrected chi connectivity index (χ3v) is 8.06. The molecule has 0 spiro atoms. The Kier molecular flexibility index (Phi) is 6.61. The molecular formula is C28H31NO4S.